The van der Waals surface area contributed by atoms with Gasteiger partial charge < -0.3 is 4.90 Å². The second kappa shape index (κ2) is 7.47. The summed E-state index contributed by atoms with van der Waals surface area (Å²) in [6.45, 7) is 10.2. The van der Waals surface area contributed by atoms with Crippen LogP contribution >= 0.6 is 23.1 Å². The molecule has 1 saturated heterocycles. The van der Waals surface area contributed by atoms with Crippen LogP contribution in [0.1, 0.15) is 26.5 Å². The lowest BCUT2D eigenvalue weighted by molar-refractivity contribution is -0.130. The Bertz CT molecular complexity index is 801. The first kappa shape index (κ1) is 18.4. The number of aromatic nitrogens is 2. The topological polar surface area (TPSA) is 57.9 Å². The molecule has 0 bridgehead atoms. The van der Waals surface area contributed by atoms with E-state index in [-0.39, 0.29) is 16.2 Å². The normalized spacial score (nSPS) is 16.5. The van der Waals surface area contributed by atoms with Crippen LogP contribution in [0.3, 0.4) is 0 Å². The van der Waals surface area contributed by atoms with E-state index in [0.717, 1.165) is 36.8 Å². The van der Waals surface area contributed by atoms with Crippen molar-refractivity contribution in [1.82, 2.24) is 19.2 Å². The minimum atomic E-state index is -0.0331. The monoisotopic (exact) mass is 380 g/mol. The van der Waals surface area contributed by atoms with E-state index >= 15 is 0 Å². The van der Waals surface area contributed by atoms with Crippen molar-refractivity contribution in [2.75, 3.05) is 31.9 Å². The summed E-state index contributed by atoms with van der Waals surface area (Å²) in [5.74, 6) is 0.757. The molecule has 3 heterocycles. The average molecular weight is 381 g/mol. The van der Waals surface area contributed by atoms with Gasteiger partial charge in [-0.1, -0.05) is 20.8 Å². The molecule has 3 rings (SSSR count). The molecule has 0 N–H and O–H groups in total. The number of hydrogen-bond acceptors (Lipinski definition) is 6. The van der Waals surface area contributed by atoms with E-state index in [1.54, 1.807) is 28.4 Å². The van der Waals surface area contributed by atoms with Crippen molar-refractivity contribution in [2.24, 2.45) is 0 Å². The Labute approximate surface area is 155 Å². The van der Waals surface area contributed by atoms with E-state index in [1.165, 1.54) is 11.3 Å². The number of thiazole rings is 1. The van der Waals surface area contributed by atoms with Crippen molar-refractivity contribution in [2.45, 2.75) is 32.1 Å². The number of hydrogen-bond donors (Lipinski definition) is 0. The van der Waals surface area contributed by atoms with E-state index in [9.17, 15) is 9.59 Å². The average Bonchev–Trinajstić information content (AvgIpc) is 3.02. The first-order chi connectivity index (χ1) is 11.8. The number of fused-ring (bicyclic) bond motifs is 1. The number of nitrogens with zero attached hydrogens (tertiary/aromatic N) is 4. The molecule has 0 radical (unpaired) electrons. The number of rotatable bonds is 4. The van der Waals surface area contributed by atoms with Gasteiger partial charge in [-0.2, -0.15) is 0 Å². The smallest absolute Gasteiger partial charge is 0.258 e. The molecule has 0 aliphatic carbocycles. The zero-order chi connectivity index (χ0) is 18.0. The van der Waals surface area contributed by atoms with Crippen LogP contribution in [0.4, 0.5) is 0 Å². The molecular formula is C17H24N4O2S2. The number of carbonyl (C=O) groups excluding carboxylic acids is 1. The second-order valence-corrected chi connectivity index (χ2v) is 9.87. The zero-order valence-corrected chi connectivity index (χ0v) is 16.5. The van der Waals surface area contributed by atoms with Gasteiger partial charge >= 0.3 is 0 Å². The van der Waals surface area contributed by atoms with E-state index in [1.807, 2.05) is 10.3 Å². The molecule has 1 amide bonds. The molecule has 2 aromatic heterocycles. The van der Waals surface area contributed by atoms with Gasteiger partial charge in [-0.15, -0.1) is 23.1 Å². The summed E-state index contributed by atoms with van der Waals surface area (Å²) in [6.07, 6.45) is 1.75. The maximum Gasteiger partial charge on any atom is 0.258 e. The molecule has 2 aromatic rings. The van der Waals surface area contributed by atoms with Crippen LogP contribution in [0.5, 0.6) is 0 Å². The maximum absolute atomic E-state index is 12.3. The fourth-order valence-electron chi connectivity index (χ4n) is 2.72. The van der Waals surface area contributed by atoms with E-state index in [4.69, 9.17) is 0 Å². The first-order valence-electron chi connectivity index (χ1n) is 8.42. The highest BCUT2D eigenvalue weighted by molar-refractivity contribution is 8.01. The Hall–Kier alpha value is -1.38. The summed E-state index contributed by atoms with van der Waals surface area (Å²) in [4.78, 5) is 33.8. The quantitative estimate of drug-likeness (QED) is 0.811. The van der Waals surface area contributed by atoms with Crippen molar-refractivity contribution in [3.63, 3.8) is 0 Å². The Morgan fingerprint density at radius 3 is 2.68 bits per heavy atom. The Balaban J connectivity index is 1.53. The Morgan fingerprint density at radius 2 is 2.00 bits per heavy atom. The summed E-state index contributed by atoms with van der Waals surface area (Å²) in [5.41, 5.74) is 0.768. The predicted octanol–water partition coefficient (Wildman–Crippen LogP) is 1.93. The molecule has 0 spiro atoms. The highest BCUT2D eigenvalue weighted by Crippen LogP contribution is 2.23. The van der Waals surface area contributed by atoms with Crippen LogP contribution in [-0.2, 0) is 11.3 Å². The molecule has 0 unspecified atom stereocenters. The summed E-state index contributed by atoms with van der Waals surface area (Å²) in [5, 5.41) is 1.87. The van der Waals surface area contributed by atoms with Crippen LogP contribution in [-0.4, -0.2) is 61.8 Å². The third-order valence-corrected chi connectivity index (χ3v) is 6.11. The van der Waals surface area contributed by atoms with Crippen LogP contribution in [0.15, 0.2) is 22.4 Å². The van der Waals surface area contributed by atoms with Gasteiger partial charge in [0.2, 0.25) is 5.91 Å². The van der Waals surface area contributed by atoms with E-state index in [0.29, 0.717) is 12.3 Å². The van der Waals surface area contributed by atoms with Crippen molar-refractivity contribution >= 4 is 34.0 Å². The molecule has 136 valence electrons. The van der Waals surface area contributed by atoms with Crippen LogP contribution in [0.25, 0.3) is 4.96 Å². The molecule has 0 aromatic carbocycles. The van der Waals surface area contributed by atoms with Gasteiger partial charge in [0.15, 0.2) is 4.96 Å². The molecule has 1 aliphatic heterocycles. The van der Waals surface area contributed by atoms with Gasteiger partial charge in [-0.25, -0.2) is 4.98 Å². The fourth-order valence-corrected chi connectivity index (χ4v) is 4.20. The van der Waals surface area contributed by atoms with E-state index < -0.39 is 0 Å². The molecular weight excluding hydrogens is 356 g/mol. The standard InChI is InChI=1S/C17H24N4O2S2/c1-17(2,3)25-12-15(23)20-6-4-19(5-7-20)11-13-10-14(22)21-8-9-24-16(21)18-13/h8-10H,4-7,11-12H2,1-3H3. The fraction of sp³-hybridized carbons (Fsp3) is 0.588. The van der Waals surface area contributed by atoms with E-state index in [2.05, 4.69) is 30.7 Å². The van der Waals surface area contributed by atoms with Crippen molar-refractivity contribution in [3.8, 4) is 0 Å². The predicted molar refractivity (Wildman–Crippen MR) is 103 cm³/mol. The number of thioether (sulfide) groups is 1. The van der Waals surface area contributed by atoms with Gasteiger partial charge in [-0.05, 0) is 0 Å². The molecule has 8 heteroatoms. The summed E-state index contributed by atoms with van der Waals surface area (Å²) in [7, 11) is 0. The molecule has 6 nitrogen and oxygen atoms in total. The van der Waals surface area contributed by atoms with Gasteiger partial charge in [0.05, 0.1) is 11.4 Å². The molecule has 0 atom stereocenters. The Kier molecular flexibility index (Phi) is 5.50. The van der Waals surface area contributed by atoms with Crippen LogP contribution < -0.4 is 5.56 Å². The molecule has 1 aliphatic rings. The van der Waals surface area contributed by atoms with Crippen molar-refractivity contribution < 1.29 is 4.79 Å². The first-order valence-corrected chi connectivity index (χ1v) is 10.3. The van der Waals surface area contributed by atoms with Gasteiger partial charge in [-0.3, -0.25) is 18.9 Å². The third-order valence-electron chi connectivity index (χ3n) is 4.10. The summed E-state index contributed by atoms with van der Waals surface area (Å²) in [6, 6.07) is 1.61. The van der Waals surface area contributed by atoms with Crippen molar-refractivity contribution in [3.05, 3.63) is 33.7 Å². The van der Waals surface area contributed by atoms with Gasteiger partial charge in [0.25, 0.3) is 5.56 Å². The highest BCUT2D eigenvalue weighted by Gasteiger charge is 2.23. The van der Waals surface area contributed by atoms with Crippen LogP contribution in [0, 0.1) is 0 Å². The highest BCUT2D eigenvalue weighted by atomic mass is 32.2. The molecule has 0 saturated carbocycles. The SMILES string of the molecule is CC(C)(C)SCC(=O)N1CCN(Cc2cc(=O)n3ccsc3n2)CC1. The number of carbonyl (C=O) groups is 1. The summed E-state index contributed by atoms with van der Waals surface area (Å²) < 4.78 is 1.68. The number of piperazine rings is 1. The minimum absolute atomic E-state index is 0.0331. The molecule has 1 fully saturated rings. The minimum Gasteiger partial charge on any atom is -0.339 e. The zero-order valence-electron chi connectivity index (χ0n) is 14.9. The van der Waals surface area contributed by atoms with Crippen molar-refractivity contribution in [1.29, 1.82) is 0 Å². The maximum atomic E-state index is 12.3. The lowest BCUT2D eigenvalue weighted by Crippen LogP contribution is -2.49. The lowest BCUT2D eigenvalue weighted by atomic mass is 10.3. The summed E-state index contributed by atoms with van der Waals surface area (Å²) >= 11 is 3.16. The van der Waals surface area contributed by atoms with Gasteiger partial charge in [0.1, 0.15) is 0 Å². The molecule has 25 heavy (non-hydrogen) atoms. The second-order valence-electron chi connectivity index (χ2n) is 7.20. The third kappa shape index (κ3) is 4.83. The van der Waals surface area contributed by atoms with Crippen LogP contribution in [0.2, 0.25) is 0 Å². The lowest BCUT2D eigenvalue weighted by Gasteiger charge is -2.35. The Morgan fingerprint density at radius 1 is 1.28 bits per heavy atom. The largest absolute Gasteiger partial charge is 0.339 e. The van der Waals surface area contributed by atoms with Gasteiger partial charge in [0, 0.05) is 55.1 Å². The number of amides is 1.